The zero-order chi connectivity index (χ0) is 15.8. The second-order valence-corrected chi connectivity index (χ2v) is 7.04. The molecule has 9 heteroatoms. The SMILES string of the molecule is CNS(=O)(=O)c1ccc(C(=O)N2CCC3(CC2)OCCO3)o1. The molecule has 1 amide bonds. The number of hydrogen-bond donors (Lipinski definition) is 1. The van der Waals surface area contributed by atoms with Crippen molar-refractivity contribution in [2.45, 2.75) is 23.7 Å². The molecule has 2 fully saturated rings. The Morgan fingerprint density at radius 2 is 1.86 bits per heavy atom. The van der Waals surface area contributed by atoms with Gasteiger partial charge in [0.25, 0.3) is 15.9 Å². The summed E-state index contributed by atoms with van der Waals surface area (Å²) >= 11 is 0. The van der Waals surface area contributed by atoms with Gasteiger partial charge in [-0.2, -0.15) is 0 Å². The van der Waals surface area contributed by atoms with E-state index in [1.807, 2.05) is 0 Å². The molecule has 0 aromatic carbocycles. The summed E-state index contributed by atoms with van der Waals surface area (Å²) in [6.07, 6.45) is 1.20. The van der Waals surface area contributed by atoms with Crippen LogP contribution in [0.4, 0.5) is 0 Å². The predicted octanol–water partition coefficient (Wildman–Crippen LogP) is 0.167. The molecule has 0 aliphatic carbocycles. The van der Waals surface area contributed by atoms with Gasteiger partial charge in [0.1, 0.15) is 0 Å². The largest absolute Gasteiger partial charge is 0.438 e. The lowest BCUT2D eigenvalue weighted by Crippen LogP contribution is -2.47. The third kappa shape index (κ3) is 2.76. The van der Waals surface area contributed by atoms with E-state index in [0.29, 0.717) is 39.1 Å². The van der Waals surface area contributed by atoms with Crippen molar-refractivity contribution in [3.63, 3.8) is 0 Å². The lowest BCUT2D eigenvalue weighted by molar-refractivity contribution is -0.181. The molecule has 2 aliphatic heterocycles. The molecule has 2 saturated heterocycles. The first-order valence-electron chi connectivity index (χ1n) is 7.06. The summed E-state index contributed by atoms with van der Waals surface area (Å²) in [5, 5.41) is -0.269. The maximum atomic E-state index is 12.4. The van der Waals surface area contributed by atoms with Crippen LogP contribution in [-0.2, 0) is 19.5 Å². The molecule has 3 heterocycles. The maximum absolute atomic E-state index is 12.4. The van der Waals surface area contributed by atoms with Crippen LogP contribution in [0.1, 0.15) is 23.4 Å². The van der Waals surface area contributed by atoms with Crippen molar-refractivity contribution >= 4 is 15.9 Å². The van der Waals surface area contributed by atoms with E-state index in [1.165, 1.54) is 19.2 Å². The number of hydrogen-bond acceptors (Lipinski definition) is 6. The molecule has 122 valence electrons. The van der Waals surface area contributed by atoms with Crippen LogP contribution in [0.15, 0.2) is 21.6 Å². The quantitative estimate of drug-likeness (QED) is 0.848. The van der Waals surface area contributed by atoms with Crippen LogP contribution >= 0.6 is 0 Å². The number of furan rings is 1. The minimum absolute atomic E-state index is 0.0121. The average Bonchev–Trinajstić information content (AvgIpc) is 3.17. The average molecular weight is 330 g/mol. The van der Waals surface area contributed by atoms with Gasteiger partial charge < -0.3 is 18.8 Å². The smallest absolute Gasteiger partial charge is 0.289 e. The van der Waals surface area contributed by atoms with Crippen LogP contribution in [0.3, 0.4) is 0 Å². The Labute approximate surface area is 128 Å². The standard InChI is InChI=1S/C13H18N2O6S/c1-14-22(17,18)11-3-2-10(21-11)12(16)15-6-4-13(5-7-15)19-8-9-20-13/h2-3,14H,4-9H2,1H3. The third-order valence-electron chi connectivity index (χ3n) is 3.95. The lowest BCUT2D eigenvalue weighted by Gasteiger charge is -2.37. The Hall–Kier alpha value is -1.42. The van der Waals surface area contributed by atoms with Crippen molar-refractivity contribution in [1.29, 1.82) is 0 Å². The predicted molar refractivity (Wildman–Crippen MR) is 74.7 cm³/mol. The molecule has 1 aromatic rings. The van der Waals surface area contributed by atoms with Gasteiger partial charge in [-0.25, -0.2) is 13.1 Å². The van der Waals surface area contributed by atoms with Crippen molar-refractivity contribution in [2.24, 2.45) is 0 Å². The Morgan fingerprint density at radius 1 is 1.23 bits per heavy atom. The number of rotatable bonds is 3. The fourth-order valence-corrected chi connectivity index (χ4v) is 3.32. The van der Waals surface area contributed by atoms with Gasteiger partial charge in [0, 0.05) is 25.9 Å². The second-order valence-electron chi connectivity index (χ2n) is 5.23. The van der Waals surface area contributed by atoms with Crippen LogP contribution in [0.25, 0.3) is 0 Å². The molecule has 8 nitrogen and oxygen atoms in total. The lowest BCUT2D eigenvalue weighted by atomic mass is 10.0. The zero-order valence-electron chi connectivity index (χ0n) is 12.2. The molecule has 0 unspecified atom stereocenters. The summed E-state index contributed by atoms with van der Waals surface area (Å²) in [6, 6.07) is 2.65. The summed E-state index contributed by atoms with van der Waals surface area (Å²) in [5.41, 5.74) is 0. The minimum atomic E-state index is -3.69. The minimum Gasteiger partial charge on any atom is -0.438 e. The Morgan fingerprint density at radius 3 is 2.45 bits per heavy atom. The number of nitrogens with zero attached hydrogens (tertiary/aromatic N) is 1. The third-order valence-corrected chi connectivity index (χ3v) is 5.24. The first kappa shape index (κ1) is 15.5. The highest BCUT2D eigenvalue weighted by Gasteiger charge is 2.41. The molecule has 0 radical (unpaired) electrons. The Bertz CT molecular complexity index is 652. The summed E-state index contributed by atoms with van der Waals surface area (Å²) in [7, 11) is -2.40. The van der Waals surface area contributed by atoms with Gasteiger partial charge in [-0.1, -0.05) is 0 Å². The highest BCUT2D eigenvalue weighted by atomic mass is 32.2. The summed E-state index contributed by atoms with van der Waals surface area (Å²) in [6.45, 7) is 2.12. The van der Waals surface area contributed by atoms with Crippen molar-refractivity contribution < 1.29 is 27.1 Å². The molecular formula is C13H18N2O6S. The van der Waals surface area contributed by atoms with Crippen molar-refractivity contribution in [1.82, 2.24) is 9.62 Å². The molecular weight excluding hydrogens is 312 g/mol. The van der Waals surface area contributed by atoms with Crippen LogP contribution in [0, 0.1) is 0 Å². The fourth-order valence-electron chi connectivity index (χ4n) is 2.67. The van der Waals surface area contributed by atoms with Gasteiger partial charge in [0.15, 0.2) is 11.5 Å². The molecule has 3 rings (SSSR count). The van der Waals surface area contributed by atoms with E-state index >= 15 is 0 Å². The summed E-state index contributed by atoms with van der Waals surface area (Å²) in [5.74, 6) is -0.871. The van der Waals surface area contributed by atoms with Crippen LogP contribution in [0.5, 0.6) is 0 Å². The van der Waals surface area contributed by atoms with Crippen molar-refractivity contribution in [3.05, 3.63) is 17.9 Å². The first-order valence-corrected chi connectivity index (χ1v) is 8.55. The van der Waals surface area contributed by atoms with Crippen molar-refractivity contribution in [2.75, 3.05) is 33.4 Å². The van der Waals surface area contributed by atoms with E-state index in [4.69, 9.17) is 13.9 Å². The molecule has 2 aliphatic rings. The normalized spacial score (nSPS) is 21.4. The van der Waals surface area contributed by atoms with Gasteiger partial charge >= 0.3 is 0 Å². The number of carbonyl (C=O) groups excluding carboxylic acids is 1. The van der Waals surface area contributed by atoms with Crippen molar-refractivity contribution in [3.8, 4) is 0 Å². The van der Waals surface area contributed by atoms with E-state index in [9.17, 15) is 13.2 Å². The molecule has 1 aromatic heterocycles. The second kappa shape index (κ2) is 5.65. The first-order chi connectivity index (χ1) is 10.5. The molecule has 0 saturated carbocycles. The summed E-state index contributed by atoms with van der Waals surface area (Å²) in [4.78, 5) is 14.0. The fraction of sp³-hybridized carbons (Fsp3) is 0.615. The highest BCUT2D eigenvalue weighted by molar-refractivity contribution is 7.89. The van der Waals surface area contributed by atoms with Gasteiger partial charge in [0.2, 0.25) is 5.09 Å². The van der Waals surface area contributed by atoms with Crippen LogP contribution in [-0.4, -0.2) is 58.4 Å². The van der Waals surface area contributed by atoms with E-state index in [-0.39, 0.29) is 16.8 Å². The Balaban J connectivity index is 1.68. The number of amides is 1. The highest BCUT2D eigenvalue weighted by Crippen LogP contribution is 2.31. The molecule has 22 heavy (non-hydrogen) atoms. The number of piperidine rings is 1. The van der Waals surface area contributed by atoms with Crippen LogP contribution in [0.2, 0.25) is 0 Å². The monoisotopic (exact) mass is 330 g/mol. The van der Waals surface area contributed by atoms with E-state index < -0.39 is 15.8 Å². The van der Waals surface area contributed by atoms with Gasteiger partial charge in [-0.3, -0.25) is 4.79 Å². The van der Waals surface area contributed by atoms with Gasteiger partial charge in [0.05, 0.1) is 13.2 Å². The number of nitrogens with one attached hydrogen (secondary N) is 1. The number of likely N-dealkylation sites (tertiary alicyclic amines) is 1. The van der Waals surface area contributed by atoms with E-state index in [2.05, 4.69) is 4.72 Å². The van der Waals surface area contributed by atoms with E-state index in [1.54, 1.807) is 4.90 Å². The maximum Gasteiger partial charge on any atom is 0.289 e. The summed E-state index contributed by atoms with van der Waals surface area (Å²) < 4.78 is 41.8. The van der Waals surface area contributed by atoms with E-state index in [0.717, 1.165) is 0 Å². The molecule has 0 atom stereocenters. The number of ether oxygens (including phenoxy) is 2. The number of carbonyl (C=O) groups is 1. The molecule has 1 N–H and O–H groups in total. The molecule has 0 bridgehead atoms. The number of sulfonamides is 1. The zero-order valence-corrected chi connectivity index (χ0v) is 13.0. The topological polar surface area (TPSA) is 98.1 Å². The Kier molecular flexibility index (Phi) is 3.98. The van der Waals surface area contributed by atoms with Gasteiger partial charge in [-0.15, -0.1) is 0 Å². The molecule has 1 spiro atoms. The van der Waals surface area contributed by atoms with Gasteiger partial charge in [-0.05, 0) is 19.2 Å². The van der Waals surface area contributed by atoms with Crippen LogP contribution < -0.4 is 4.72 Å².